The van der Waals surface area contributed by atoms with Crippen molar-refractivity contribution in [3.05, 3.63) is 25.2 Å². The molecule has 0 aliphatic rings. The van der Waals surface area contributed by atoms with E-state index < -0.39 is 0 Å². The normalized spacial score (nSPS) is 9.91. The summed E-state index contributed by atoms with van der Waals surface area (Å²) in [5, 5.41) is 0. The van der Waals surface area contributed by atoms with E-state index >= 15 is 0 Å². The fourth-order valence-electron chi connectivity index (χ4n) is 0.617. The lowest BCUT2D eigenvalue weighted by Gasteiger charge is -2.03. The van der Waals surface area contributed by atoms with Crippen molar-refractivity contribution in [2.45, 2.75) is 19.4 Å². The Morgan fingerprint density at radius 1 is 1.64 bits per heavy atom. The molecule has 0 fully saturated rings. The van der Waals surface area contributed by atoms with Crippen LogP contribution in [0.5, 0.6) is 0 Å². The molecule has 0 aromatic rings. The number of allylic oxidation sites excluding steroid dienone is 1. The summed E-state index contributed by atoms with van der Waals surface area (Å²) in [6.07, 6.45) is 2.53. The summed E-state index contributed by atoms with van der Waals surface area (Å²) in [6, 6.07) is 1.14. The van der Waals surface area contributed by atoms with Gasteiger partial charge in [-0.05, 0) is 19.4 Å². The summed E-state index contributed by atoms with van der Waals surface area (Å²) in [7, 11) is -0.378. The topological polar surface area (TPSA) is 18.5 Å². The van der Waals surface area contributed by atoms with Gasteiger partial charge in [-0.15, -0.1) is 0 Å². The molecule has 0 saturated heterocycles. The highest BCUT2D eigenvalue weighted by molar-refractivity contribution is 6.27. The van der Waals surface area contributed by atoms with E-state index in [1.165, 1.54) is 6.26 Å². The molecule has 0 spiro atoms. The first-order chi connectivity index (χ1) is 5.27. The van der Waals surface area contributed by atoms with Gasteiger partial charge in [0, 0.05) is 0 Å². The second kappa shape index (κ2) is 7.40. The first-order valence-corrected chi connectivity index (χ1v) is 5.36. The molecule has 0 radical (unpaired) electrons. The van der Waals surface area contributed by atoms with Crippen LogP contribution in [0.15, 0.2) is 25.2 Å². The van der Waals surface area contributed by atoms with Crippen molar-refractivity contribution >= 4 is 9.76 Å². The van der Waals surface area contributed by atoms with Crippen LogP contribution >= 0.6 is 0 Å². The van der Waals surface area contributed by atoms with Crippen molar-refractivity contribution in [3.8, 4) is 0 Å². The molecule has 0 aliphatic heterocycles. The van der Waals surface area contributed by atoms with Crippen molar-refractivity contribution < 1.29 is 9.16 Å². The Kier molecular flexibility index (Phi) is 6.93. The van der Waals surface area contributed by atoms with E-state index in [1.807, 2.05) is 6.92 Å². The Morgan fingerprint density at radius 3 is 2.91 bits per heavy atom. The molecule has 3 heteroatoms. The van der Waals surface area contributed by atoms with Gasteiger partial charge in [-0.1, -0.05) is 13.2 Å². The quantitative estimate of drug-likeness (QED) is 0.330. The van der Waals surface area contributed by atoms with Crippen molar-refractivity contribution in [1.82, 2.24) is 0 Å². The van der Waals surface area contributed by atoms with Crippen LogP contribution in [-0.2, 0) is 9.16 Å². The fraction of sp³-hybridized carbons (Fsp3) is 0.500. The zero-order chi connectivity index (χ0) is 8.53. The summed E-state index contributed by atoms with van der Waals surface area (Å²) in [5.41, 5.74) is 0. The van der Waals surface area contributed by atoms with E-state index in [4.69, 9.17) is 9.16 Å². The lowest BCUT2D eigenvalue weighted by molar-refractivity contribution is 0.250. The zero-order valence-corrected chi connectivity index (χ0v) is 8.55. The minimum absolute atomic E-state index is 0.378. The molecular weight excluding hydrogens is 156 g/mol. The predicted molar refractivity (Wildman–Crippen MR) is 50.0 cm³/mol. The molecule has 0 atom stereocenters. The third kappa shape index (κ3) is 9.30. The van der Waals surface area contributed by atoms with Crippen molar-refractivity contribution in [3.63, 3.8) is 0 Å². The van der Waals surface area contributed by atoms with Crippen LogP contribution in [0.2, 0.25) is 6.04 Å². The first kappa shape index (κ1) is 10.3. The minimum Gasteiger partial charge on any atom is -0.553 e. The van der Waals surface area contributed by atoms with Crippen LogP contribution in [0.4, 0.5) is 0 Å². The van der Waals surface area contributed by atoms with Gasteiger partial charge in [0.05, 0.1) is 18.6 Å². The molecule has 0 bridgehead atoms. The number of hydrogen-bond acceptors (Lipinski definition) is 2. The summed E-state index contributed by atoms with van der Waals surface area (Å²) >= 11 is 0. The lowest BCUT2D eigenvalue weighted by Crippen LogP contribution is -1.97. The van der Waals surface area contributed by atoms with Gasteiger partial charge >= 0.3 is 0 Å². The Labute approximate surface area is 70.8 Å². The highest BCUT2D eigenvalue weighted by Gasteiger charge is 1.90. The molecule has 0 N–H and O–H groups in total. The van der Waals surface area contributed by atoms with Gasteiger partial charge in [-0.2, -0.15) is 0 Å². The van der Waals surface area contributed by atoms with Crippen LogP contribution in [-0.4, -0.2) is 16.4 Å². The van der Waals surface area contributed by atoms with Gasteiger partial charge in [-0.3, -0.25) is 0 Å². The standard InChI is InChI=1S/C8H16O2Si/c1-4-9-6-5-7-11-10-8(2)3/h4H,1-2,5-7,11H2,3H3. The Hall–Kier alpha value is -0.703. The molecule has 11 heavy (non-hydrogen) atoms. The molecule has 2 nitrogen and oxygen atoms in total. The summed E-state index contributed by atoms with van der Waals surface area (Å²) in [6.45, 7) is 9.75. The third-order valence-corrected chi connectivity index (χ3v) is 2.61. The smallest absolute Gasteiger partial charge is 0.219 e. The average Bonchev–Trinajstić information content (AvgIpc) is 1.96. The lowest BCUT2D eigenvalue weighted by atomic mass is 10.5. The molecule has 64 valence electrons. The van der Waals surface area contributed by atoms with E-state index in [0.717, 1.165) is 24.8 Å². The van der Waals surface area contributed by atoms with E-state index in [0.29, 0.717) is 0 Å². The van der Waals surface area contributed by atoms with E-state index in [2.05, 4.69) is 13.2 Å². The molecule has 0 saturated carbocycles. The average molecular weight is 172 g/mol. The van der Waals surface area contributed by atoms with Crippen LogP contribution in [0.3, 0.4) is 0 Å². The number of ether oxygens (including phenoxy) is 1. The van der Waals surface area contributed by atoms with E-state index in [-0.39, 0.29) is 9.76 Å². The Morgan fingerprint density at radius 2 is 2.36 bits per heavy atom. The molecule has 0 unspecified atom stereocenters. The summed E-state index contributed by atoms with van der Waals surface area (Å²) < 4.78 is 10.2. The highest BCUT2D eigenvalue weighted by Crippen LogP contribution is 1.94. The van der Waals surface area contributed by atoms with Crippen molar-refractivity contribution in [2.24, 2.45) is 0 Å². The second-order valence-corrected chi connectivity index (χ2v) is 3.70. The highest BCUT2D eigenvalue weighted by atomic mass is 28.2. The molecule has 0 heterocycles. The van der Waals surface area contributed by atoms with Crippen LogP contribution in [0.25, 0.3) is 0 Å². The zero-order valence-electron chi connectivity index (χ0n) is 7.14. The minimum atomic E-state index is -0.378. The number of hydrogen-bond donors (Lipinski definition) is 0. The molecule has 0 aromatic heterocycles. The van der Waals surface area contributed by atoms with Gasteiger partial charge < -0.3 is 9.16 Å². The van der Waals surface area contributed by atoms with Gasteiger partial charge in [-0.25, -0.2) is 0 Å². The fourth-order valence-corrected chi connectivity index (χ4v) is 1.52. The summed E-state index contributed by atoms with van der Waals surface area (Å²) in [4.78, 5) is 0. The van der Waals surface area contributed by atoms with Gasteiger partial charge in [0.25, 0.3) is 0 Å². The molecule has 0 rings (SSSR count). The maximum Gasteiger partial charge on any atom is 0.219 e. The number of rotatable bonds is 7. The SMILES string of the molecule is C=COCCC[SiH2]OC(=C)C. The van der Waals surface area contributed by atoms with E-state index in [9.17, 15) is 0 Å². The van der Waals surface area contributed by atoms with Gasteiger partial charge in [0.15, 0.2) is 0 Å². The Bertz CT molecular complexity index is 123. The van der Waals surface area contributed by atoms with E-state index in [1.54, 1.807) is 0 Å². The van der Waals surface area contributed by atoms with Gasteiger partial charge in [0.1, 0.15) is 0 Å². The summed E-state index contributed by atoms with van der Waals surface area (Å²) in [5.74, 6) is 0.835. The molecule has 0 aliphatic carbocycles. The maximum atomic E-state index is 5.29. The molecule has 0 amide bonds. The molecule has 0 aromatic carbocycles. The Balaban J connectivity index is 2.90. The molecular formula is C8H16O2Si. The maximum absolute atomic E-state index is 5.29. The third-order valence-electron chi connectivity index (χ3n) is 1.12. The monoisotopic (exact) mass is 172 g/mol. The second-order valence-electron chi connectivity index (χ2n) is 2.30. The van der Waals surface area contributed by atoms with Crippen LogP contribution < -0.4 is 0 Å². The predicted octanol–water partition coefficient (Wildman–Crippen LogP) is 1.59. The first-order valence-electron chi connectivity index (χ1n) is 3.78. The van der Waals surface area contributed by atoms with Crippen LogP contribution in [0, 0.1) is 0 Å². The van der Waals surface area contributed by atoms with Crippen LogP contribution in [0.1, 0.15) is 13.3 Å². The largest absolute Gasteiger partial charge is 0.553 e. The van der Waals surface area contributed by atoms with Gasteiger partial charge in [0.2, 0.25) is 9.76 Å². The van der Waals surface area contributed by atoms with Crippen molar-refractivity contribution in [2.75, 3.05) is 6.61 Å². The van der Waals surface area contributed by atoms with Crippen molar-refractivity contribution in [1.29, 1.82) is 0 Å².